The molecule has 0 saturated carbocycles. The first-order chi connectivity index (χ1) is 21.5. The van der Waals surface area contributed by atoms with Crippen molar-refractivity contribution in [2.24, 2.45) is 0 Å². The van der Waals surface area contributed by atoms with Gasteiger partial charge >= 0.3 is 6.03 Å². The Morgan fingerprint density at radius 2 is 1.64 bits per heavy atom. The van der Waals surface area contributed by atoms with E-state index in [4.69, 9.17) is 4.98 Å². The number of benzene rings is 2. The number of fused-ring (bicyclic) bond motifs is 1. The van der Waals surface area contributed by atoms with E-state index >= 15 is 0 Å². The maximum Gasteiger partial charge on any atom is 0.323 e. The van der Waals surface area contributed by atoms with E-state index in [2.05, 4.69) is 47.7 Å². The number of carbonyl (C=O) groups is 2. The van der Waals surface area contributed by atoms with Crippen LogP contribution in [0.15, 0.2) is 72.9 Å². The normalized spacial score (nSPS) is 14.0. The van der Waals surface area contributed by atoms with Gasteiger partial charge in [-0.2, -0.15) is 0 Å². The highest BCUT2D eigenvalue weighted by atomic mass is 16.2. The fraction of sp³-hybridized carbons (Fsp3) is 0.273. The van der Waals surface area contributed by atoms with Crippen molar-refractivity contribution in [3.63, 3.8) is 0 Å². The summed E-state index contributed by atoms with van der Waals surface area (Å²) in [4.78, 5) is 46.3. The number of nitrogens with zero attached hydrogens (tertiary/aromatic N) is 4. The van der Waals surface area contributed by atoms with E-state index in [-0.39, 0.29) is 11.9 Å². The first-order valence-corrected chi connectivity index (χ1v) is 15.0. The van der Waals surface area contributed by atoms with Crippen molar-refractivity contribution in [2.45, 2.75) is 13.3 Å². The van der Waals surface area contributed by atoms with Gasteiger partial charge in [0.15, 0.2) is 0 Å². The third kappa shape index (κ3) is 6.64. The predicted octanol–water partition coefficient (Wildman–Crippen LogP) is 4.80. The number of piperazine rings is 1. The van der Waals surface area contributed by atoms with Gasteiger partial charge in [-0.25, -0.2) is 14.8 Å². The number of aromatic amines is 2. The molecule has 11 nitrogen and oxygen atoms in total. The molecule has 0 bridgehead atoms. The molecule has 226 valence electrons. The minimum Gasteiger partial charge on any atom is -0.349 e. The van der Waals surface area contributed by atoms with E-state index in [0.29, 0.717) is 23.6 Å². The van der Waals surface area contributed by atoms with Crippen LogP contribution in [-0.2, 0) is 6.42 Å². The van der Waals surface area contributed by atoms with Crippen LogP contribution < -0.4 is 16.0 Å². The molecule has 3 aromatic heterocycles. The molecule has 2 aromatic carbocycles. The second kappa shape index (κ2) is 13.1. The standard InChI is InChI=1S/C33H37N9O2/c1-3-28-39-29(22-9-11-24(12-10-22)37-33(44)36-23-7-5-4-6-8-23)30(40-28)25-13-14-34-31-26(25)21-27(38-31)32(43)35-15-16-42-19-17-41(2)18-20-42/h4-14,21H,3,15-20H2,1-2H3,(H,34,38)(H,35,43)(H,39,40)(H2,36,37,44). The summed E-state index contributed by atoms with van der Waals surface area (Å²) in [5.74, 6) is 0.698. The number of amides is 3. The van der Waals surface area contributed by atoms with Crippen LogP contribution in [-0.4, -0.2) is 88.0 Å². The summed E-state index contributed by atoms with van der Waals surface area (Å²) >= 11 is 0. The number of H-pyrrole nitrogens is 2. The Balaban J connectivity index is 1.19. The van der Waals surface area contributed by atoms with E-state index in [1.54, 1.807) is 6.20 Å². The number of pyridine rings is 1. The molecule has 1 saturated heterocycles. The third-order valence-electron chi connectivity index (χ3n) is 7.89. The van der Waals surface area contributed by atoms with Crippen LogP contribution in [0.2, 0.25) is 0 Å². The topological polar surface area (TPSA) is 134 Å². The molecular formula is C33H37N9O2. The lowest BCUT2D eigenvalue weighted by atomic mass is 10.0. The molecule has 6 rings (SSSR count). The summed E-state index contributed by atoms with van der Waals surface area (Å²) in [5, 5.41) is 9.58. The molecule has 3 amide bonds. The second-order valence-corrected chi connectivity index (χ2v) is 11.0. The Morgan fingerprint density at radius 3 is 2.36 bits per heavy atom. The SMILES string of the molecule is CCc1nc(-c2ccc(NC(=O)Nc3ccccc3)cc2)c(-c2ccnc3[nH]c(C(=O)NCCN4CCN(C)CC4)cc23)[nH]1. The lowest BCUT2D eigenvalue weighted by Gasteiger charge is -2.32. The molecule has 5 aromatic rings. The number of aryl methyl sites for hydroxylation is 1. The van der Waals surface area contributed by atoms with E-state index in [1.165, 1.54) is 0 Å². The van der Waals surface area contributed by atoms with Gasteiger partial charge in [-0.3, -0.25) is 9.69 Å². The van der Waals surface area contributed by atoms with Crippen LogP contribution >= 0.6 is 0 Å². The Morgan fingerprint density at radius 1 is 0.909 bits per heavy atom. The lowest BCUT2D eigenvalue weighted by molar-refractivity contribution is 0.0937. The number of imidazole rings is 1. The van der Waals surface area contributed by atoms with Gasteiger partial charge < -0.3 is 30.8 Å². The molecular weight excluding hydrogens is 554 g/mol. The van der Waals surface area contributed by atoms with Gasteiger partial charge in [0, 0.05) is 79.8 Å². The molecule has 44 heavy (non-hydrogen) atoms. The number of rotatable bonds is 9. The number of nitrogens with one attached hydrogen (secondary N) is 5. The second-order valence-electron chi connectivity index (χ2n) is 11.0. The van der Waals surface area contributed by atoms with Crippen LogP contribution in [0.3, 0.4) is 0 Å². The molecule has 0 radical (unpaired) electrons. The number of para-hydroxylation sites is 1. The first kappa shape index (κ1) is 29.1. The van der Waals surface area contributed by atoms with E-state index in [9.17, 15) is 9.59 Å². The van der Waals surface area contributed by atoms with E-state index in [1.807, 2.05) is 73.7 Å². The highest BCUT2D eigenvalue weighted by Crippen LogP contribution is 2.35. The monoisotopic (exact) mass is 591 g/mol. The molecule has 1 fully saturated rings. The Labute approximate surface area is 256 Å². The Hall–Kier alpha value is -5.00. The molecule has 1 aliphatic heterocycles. The summed E-state index contributed by atoms with van der Waals surface area (Å²) < 4.78 is 0. The van der Waals surface area contributed by atoms with Crippen molar-refractivity contribution in [3.05, 3.63) is 84.4 Å². The van der Waals surface area contributed by atoms with Crippen molar-refractivity contribution in [1.29, 1.82) is 0 Å². The van der Waals surface area contributed by atoms with Gasteiger partial charge in [0.2, 0.25) is 0 Å². The number of anilines is 2. The van der Waals surface area contributed by atoms with Crippen molar-refractivity contribution in [1.82, 2.24) is 35.1 Å². The number of carbonyl (C=O) groups excluding carboxylic acids is 2. The van der Waals surface area contributed by atoms with Crippen LogP contribution in [0.1, 0.15) is 23.2 Å². The highest BCUT2D eigenvalue weighted by Gasteiger charge is 2.20. The zero-order chi connectivity index (χ0) is 30.5. The Bertz CT molecular complexity index is 1740. The zero-order valence-electron chi connectivity index (χ0n) is 25.0. The molecule has 0 unspecified atom stereocenters. The van der Waals surface area contributed by atoms with Gasteiger partial charge in [0.05, 0.1) is 11.4 Å². The van der Waals surface area contributed by atoms with Gasteiger partial charge in [0.1, 0.15) is 17.2 Å². The molecule has 1 aliphatic rings. The van der Waals surface area contributed by atoms with Crippen LogP contribution in [0.5, 0.6) is 0 Å². The molecule has 0 aliphatic carbocycles. The lowest BCUT2D eigenvalue weighted by Crippen LogP contribution is -2.46. The molecule has 5 N–H and O–H groups in total. The van der Waals surface area contributed by atoms with Crippen LogP contribution in [0, 0.1) is 0 Å². The fourth-order valence-electron chi connectivity index (χ4n) is 5.38. The maximum absolute atomic E-state index is 13.1. The van der Waals surface area contributed by atoms with Crippen LogP contribution in [0.4, 0.5) is 16.2 Å². The highest BCUT2D eigenvalue weighted by molar-refractivity contribution is 6.03. The fourth-order valence-corrected chi connectivity index (χ4v) is 5.38. The molecule has 0 atom stereocenters. The predicted molar refractivity (Wildman–Crippen MR) is 174 cm³/mol. The summed E-state index contributed by atoms with van der Waals surface area (Å²) in [7, 11) is 2.13. The van der Waals surface area contributed by atoms with Crippen molar-refractivity contribution >= 4 is 34.3 Å². The van der Waals surface area contributed by atoms with E-state index < -0.39 is 0 Å². The third-order valence-corrected chi connectivity index (χ3v) is 7.89. The quantitative estimate of drug-likeness (QED) is 0.167. The maximum atomic E-state index is 13.1. The number of urea groups is 1. The average molecular weight is 592 g/mol. The number of hydrogen-bond acceptors (Lipinski definition) is 6. The van der Waals surface area contributed by atoms with E-state index in [0.717, 1.165) is 78.6 Å². The number of aromatic nitrogens is 4. The average Bonchev–Trinajstić information content (AvgIpc) is 3.68. The first-order valence-electron chi connectivity index (χ1n) is 15.0. The van der Waals surface area contributed by atoms with Crippen molar-refractivity contribution in [3.8, 4) is 22.5 Å². The van der Waals surface area contributed by atoms with Crippen molar-refractivity contribution in [2.75, 3.05) is 56.9 Å². The minimum absolute atomic E-state index is 0.151. The number of likely N-dealkylation sites (N-methyl/N-ethyl adjacent to an activating group) is 1. The summed E-state index contributed by atoms with van der Waals surface area (Å²) in [6.45, 7) is 7.59. The zero-order valence-corrected chi connectivity index (χ0v) is 25.0. The van der Waals surface area contributed by atoms with Gasteiger partial charge in [-0.1, -0.05) is 37.3 Å². The summed E-state index contributed by atoms with van der Waals surface area (Å²) in [6, 6.07) is 20.4. The largest absolute Gasteiger partial charge is 0.349 e. The molecule has 11 heteroatoms. The van der Waals surface area contributed by atoms with Gasteiger partial charge in [-0.05, 0) is 43.4 Å². The van der Waals surface area contributed by atoms with Crippen LogP contribution in [0.25, 0.3) is 33.5 Å². The summed E-state index contributed by atoms with van der Waals surface area (Å²) in [6.07, 6.45) is 2.46. The molecule has 4 heterocycles. The molecule has 0 spiro atoms. The minimum atomic E-state index is -0.316. The van der Waals surface area contributed by atoms with Gasteiger partial charge in [-0.15, -0.1) is 0 Å². The van der Waals surface area contributed by atoms with Crippen molar-refractivity contribution < 1.29 is 9.59 Å². The summed E-state index contributed by atoms with van der Waals surface area (Å²) in [5.41, 5.74) is 5.91. The number of hydrogen-bond donors (Lipinski definition) is 5. The Kier molecular flexibility index (Phi) is 8.67. The smallest absolute Gasteiger partial charge is 0.323 e. The van der Waals surface area contributed by atoms with Gasteiger partial charge in [0.25, 0.3) is 5.91 Å².